The van der Waals surface area contributed by atoms with Gasteiger partial charge in [-0.3, -0.25) is 4.68 Å². The average molecular weight is 234 g/mol. The summed E-state index contributed by atoms with van der Waals surface area (Å²) in [4.78, 5) is 4.28. The Labute approximate surface area is 101 Å². The van der Waals surface area contributed by atoms with E-state index in [-0.39, 0.29) is 6.61 Å². The molecule has 0 bridgehead atoms. The SMILES string of the molecule is Cc1nn(CCc2nccn2C)c(C)c1CO. The van der Waals surface area contributed by atoms with E-state index < -0.39 is 0 Å². The summed E-state index contributed by atoms with van der Waals surface area (Å²) in [6, 6.07) is 0. The third-order valence-corrected chi connectivity index (χ3v) is 3.16. The van der Waals surface area contributed by atoms with E-state index in [0.29, 0.717) is 0 Å². The lowest BCUT2D eigenvalue weighted by molar-refractivity contribution is 0.280. The molecule has 2 rings (SSSR count). The van der Waals surface area contributed by atoms with Gasteiger partial charge >= 0.3 is 0 Å². The number of imidazole rings is 1. The molecule has 1 N–H and O–H groups in total. The molecule has 92 valence electrons. The van der Waals surface area contributed by atoms with E-state index >= 15 is 0 Å². The molecule has 0 aromatic carbocycles. The van der Waals surface area contributed by atoms with Gasteiger partial charge < -0.3 is 9.67 Å². The highest BCUT2D eigenvalue weighted by atomic mass is 16.3. The monoisotopic (exact) mass is 234 g/mol. The van der Waals surface area contributed by atoms with Crippen molar-refractivity contribution in [2.45, 2.75) is 33.4 Å². The number of aryl methyl sites for hydroxylation is 4. The van der Waals surface area contributed by atoms with Gasteiger partial charge in [-0.05, 0) is 13.8 Å². The van der Waals surface area contributed by atoms with Crippen LogP contribution >= 0.6 is 0 Å². The number of hydrogen-bond acceptors (Lipinski definition) is 3. The van der Waals surface area contributed by atoms with Crippen LogP contribution in [0.1, 0.15) is 22.8 Å². The fourth-order valence-corrected chi connectivity index (χ4v) is 2.02. The van der Waals surface area contributed by atoms with Gasteiger partial charge in [-0.15, -0.1) is 0 Å². The first-order chi connectivity index (χ1) is 8.13. The second kappa shape index (κ2) is 4.71. The molecular weight excluding hydrogens is 216 g/mol. The summed E-state index contributed by atoms with van der Waals surface area (Å²) in [6.07, 6.45) is 4.59. The van der Waals surface area contributed by atoms with Gasteiger partial charge in [-0.25, -0.2) is 4.98 Å². The minimum atomic E-state index is 0.0556. The molecule has 0 spiro atoms. The Bertz CT molecular complexity index is 513. The molecule has 0 radical (unpaired) electrons. The van der Waals surface area contributed by atoms with Gasteiger partial charge in [0.1, 0.15) is 5.82 Å². The van der Waals surface area contributed by atoms with Crippen molar-refractivity contribution in [1.29, 1.82) is 0 Å². The van der Waals surface area contributed by atoms with Gasteiger partial charge in [0.15, 0.2) is 0 Å². The molecule has 2 aromatic rings. The van der Waals surface area contributed by atoms with Crippen LogP contribution in [0.25, 0.3) is 0 Å². The normalized spacial score (nSPS) is 11.1. The zero-order valence-electron chi connectivity index (χ0n) is 10.5. The molecule has 2 heterocycles. The van der Waals surface area contributed by atoms with Crippen molar-refractivity contribution in [3.8, 4) is 0 Å². The lowest BCUT2D eigenvalue weighted by Gasteiger charge is -2.05. The summed E-state index contributed by atoms with van der Waals surface area (Å²) in [5.41, 5.74) is 2.88. The molecule has 0 aliphatic carbocycles. The summed E-state index contributed by atoms with van der Waals surface area (Å²) in [7, 11) is 1.99. The van der Waals surface area contributed by atoms with Crippen molar-refractivity contribution in [3.05, 3.63) is 35.2 Å². The topological polar surface area (TPSA) is 55.9 Å². The van der Waals surface area contributed by atoms with Crippen molar-refractivity contribution in [2.24, 2.45) is 7.05 Å². The van der Waals surface area contributed by atoms with E-state index in [9.17, 15) is 5.11 Å². The number of aliphatic hydroxyl groups is 1. The molecule has 2 aromatic heterocycles. The highest BCUT2D eigenvalue weighted by molar-refractivity contribution is 5.23. The van der Waals surface area contributed by atoms with Crippen molar-refractivity contribution in [3.63, 3.8) is 0 Å². The van der Waals surface area contributed by atoms with Crippen LogP contribution in [-0.2, 0) is 26.6 Å². The fraction of sp³-hybridized carbons (Fsp3) is 0.500. The summed E-state index contributed by atoms with van der Waals surface area (Å²) < 4.78 is 3.95. The van der Waals surface area contributed by atoms with E-state index in [1.54, 1.807) is 6.20 Å². The number of rotatable bonds is 4. The first-order valence-electron chi connectivity index (χ1n) is 5.73. The number of nitrogens with zero attached hydrogens (tertiary/aromatic N) is 4. The Morgan fingerprint density at radius 1 is 1.35 bits per heavy atom. The number of hydrogen-bond donors (Lipinski definition) is 1. The predicted molar refractivity (Wildman–Crippen MR) is 64.5 cm³/mol. The van der Waals surface area contributed by atoms with Crippen molar-refractivity contribution >= 4 is 0 Å². The van der Waals surface area contributed by atoms with E-state index in [1.807, 2.05) is 36.3 Å². The fourth-order valence-electron chi connectivity index (χ4n) is 2.02. The Hall–Kier alpha value is -1.62. The smallest absolute Gasteiger partial charge is 0.110 e. The van der Waals surface area contributed by atoms with E-state index in [1.165, 1.54) is 0 Å². The molecule has 5 heteroatoms. The van der Waals surface area contributed by atoms with Crippen LogP contribution in [0, 0.1) is 13.8 Å². The van der Waals surface area contributed by atoms with Crippen LogP contribution in [-0.4, -0.2) is 24.4 Å². The molecular formula is C12H18N4O. The summed E-state index contributed by atoms with van der Waals surface area (Å²) in [5, 5.41) is 13.7. The highest BCUT2D eigenvalue weighted by Crippen LogP contribution is 2.13. The lowest BCUT2D eigenvalue weighted by atomic mass is 10.2. The molecule has 0 aliphatic rings. The third kappa shape index (κ3) is 2.24. The van der Waals surface area contributed by atoms with Crippen LogP contribution in [0.4, 0.5) is 0 Å². The minimum absolute atomic E-state index is 0.0556. The second-order valence-corrected chi connectivity index (χ2v) is 4.24. The highest BCUT2D eigenvalue weighted by Gasteiger charge is 2.10. The van der Waals surface area contributed by atoms with Crippen LogP contribution in [0.15, 0.2) is 12.4 Å². The maximum Gasteiger partial charge on any atom is 0.110 e. The van der Waals surface area contributed by atoms with Gasteiger partial charge in [-0.1, -0.05) is 0 Å². The Morgan fingerprint density at radius 3 is 2.65 bits per heavy atom. The zero-order valence-corrected chi connectivity index (χ0v) is 10.5. The van der Waals surface area contributed by atoms with Gasteiger partial charge in [0.05, 0.1) is 12.3 Å². The molecule has 0 saturated heterocycles. The van der Waals surface area contributed by atoms with E-state index in [4.69, 9.17) is 0 Å². The molecule has 0 fully saturated rings. The lowest BCUT2D eigenvalue weighted by Crippen LogP contribution is -2.08. The van der Waals surface area contributed by atoms with Crippen molar-refractivity contribution < 1.29 is 5.11 Å². The Morgan fingerprint density at radius 2 is 2.12 bits per heavy atom. The Kier molecular flexibility index (Phi) is 3.28. The molecule has 0 atom stereocenters. The standard InChI is InChI=1S/C12H18N4O/c1-9-11(8-17)10(2)16(14-9)6-4-12-13-5-7-15(12)3/h5,7,17H,4,6,8H2,1-3H3. The van der Waals surface area contributed by atoms with Crippen molar-refractivity contribution in [2.75, 3.05) is 0 Å². The first-order valence-corrected chi connectivity index (χ1v) is 5.73. The number of aliphatic hydroxyl groups excluding tert-OH is 1. The third-order valence-electron chi connectivity index (χ3n) is 3.16. The molecule has 0 aliphatic heterocycles. The molecule has 17 heavy (non-hydrogen) atoms. The average Bonchev–Trinajstić information content (AvgIpc) is 2.81. The Balaban J connectivity index is 2.12. The van der Waals surface area contributed by atoms with Gasteiger partial charge in [0.25, 0.3) is 0 Å². The van der Waals surface area contributed by atoms with E-state index in [0.717, 1.165) is 35.7 Å². The van der Waals surface area contributed by atoms with Crippen LogP contribution < -0.4 is 0 Å². The summed E-state index contributed by atoms with van der Waals surface area (Å²) in [5.74, 6) is 1.04. The number of aromatic nitrogens is 4. The van der Waals surface area contributed by atoms with Crippen LogP contribution in [0.5, 0.6) is 0 Å². The predicted octanol–water partition coefficient (Wildman–Crippen LogP) is 0.968. The molecule has 0 amide bonds. The molecule has 0 saturated carbocycles. The van der Waals surface area contributed by atoms with Crippen LogP contribution in [0.3, 0.4) is 0 Å². The van der Waals surface area contributed by atoms with E-state index in [2.05, 4.69) is 10.1 Å². The molecule has 0 unspecified atom stereocenters. The maximum atomic E-state index is 9.24. The first kappa shape index (κ1) is 11.9. The van der Waals surface area contributed by atoms with Gasteiger partial charge in [0.2, 0.25) is 0 Å². The van der Waals surface area contributed by atoms with Gasteiger partial charge in [-0.2, -0.15) is 5.10 Å². The zero-order chi connectivity index (χ0) is 12.4. The summed E-state index contributed by atoms with van der Waals surface area (Å²) in [6.45, 7) is 4.76. The van der Waals surface area contributed by atoms with Crippen LogP contribution in [0.2, 0.25) is 0 Å². The molecule has 5 nitrogen and oxygen atoms in total. The minimum Gasteiger partial charge on any atom is -0.392 e. The largest absolute Gasteiger partial charge is 0.392 e. The quantitative estimate of drug-likeness (QED) is 0.857. The summed E-state index contributed by atoms with van der Waals surface area (Å²) >= 11 is 0. The second-order valence-electron chi connectivity index (χ2n) is 4.24. The maximum absolute atomic E-state index is 9.24. The van der Waals surface area contributed by atoms with Crippen molar-refractivity contribution in [1.82, 2.24) is 19.3 Å². The van der Waals surface area contributed by atoms with Gasteiger partial charge in [0, 0.05) is 43.7 Å².